The molecule has 0 bridgehead atoms. The highest BCUT2D eigenvalue weighted by Gasteiger charge is 2.33. The second kappa shape index (κ2) is 9.47. The van der Waals surface area contributed by atoms with Gasteiger partial charge in [0.2, 0.25) is 5.69 Å². The number of carbonyl (C=O) groups excluding carboxylic acids is 1. The van der Waals surface area contributed by atoms with Crippen LogP contribution in [0.4, 0.5) is 5.69 Å². The van der Waals surface area contributed by atoms with Gasteiger partial charge in [-0.15, -0.1) is 6.42 Å². The highest BCUT2D eigenvalue weighted by atomic mass is 16.5. The topological polar surface area (TPSA) is 100 Å². The van der Waals surface area contributed by atoms with E-state index in [0.29, 0.717) is 42.5 Å². The van der Waals surface area contributed by atoms with Gasteiger partial charge in [-0.05, 0) is 56.6 Å². The van der Waals surface area contributed by atoms with E-state index in [0.717, 1.165) is 41.3 Å². The van der Waals surface area contributed by atoms with E-state index in [4.69, 9.17) is 16.3 Å². The minimum Gasteiger partial charge on any atom is -0.491 e. The molecule has 5 rings (SSSR count). The summed E-state index contributed by atoms with van der Waals surface area (Å²) in [6, 6.07) is 9.02. The molecule has 0 atom stereocenters. The third kappa shape index (κ3) is 4.89. The lowest BCUT2D eigenvalue weighted by Crippen LogP contribution is -2.43. The Kier molecular flexibility index (Phi) is 6.35. The predicted molar refractivity (Wildman–Crippen MR) is 135 cm³/mol. The summed E-state index contributed by atoms with van der Waals surface area (Å²) in [5.74, 6) is 3.25. The molecule has 0 spiro atoms. The predicted octanol–water partition coefficient (Wildman–Crippen LogP) is 4.21. The fourth-order valence-corrected chi connectivity index (χ4v) is 4.77. The SMILES string of the molecule is C#C[C@]1(O)CC[C@H](n2cc3cc(NC(=O)c4cccc(C(C)C)[n+]4O)c(OCC4CC4)cc3n2)CC1. The zero-order chi connectivity index (χ0) is 25.4. The molecule has 2 aliphatic rings. The molecule has 2 saturated carbocycles. The first kappa shape index (κ1) is 24.1. The number of nitrogens with zero attached hydrogens (tertiary/aromatic N) is 3. The Hall–Kier alpha value is -3.57. The summed E-state index contributed by atoms with van der Waals surface area (Å²) < 4.78 is 8.99. The molecular formula is C28H33N4O4+. The van der Waals surface area contributed by atoms with Crippen molar-refractivity contribution in [2.75, 3.05) is 11.9 Å². The maximum absolute atomic E-state index is 13.2. The van der Waals surface area contributed by atoms with E-state index < -0.39 is 11.5 Å². The third-order valence-corrected chi connectivity index (χ3v) is 7.29. The molecule has 0 saturated heterocycles. The number of fused-ring (bicyclic) bond motifs is 1. The van der Waals surface area contributed by atoms with Crippen LogP contribution in [-0.4, -0.2) is 38.2 Å². The van der Waals surface area contributed by atoms with Crippen LogP contribution >= 0.6 is 0 Å². The number of nitrogens with one attached hydrogen (secondary N) is 1. The molecule has 2 aromatic heterocycles. The van der Waals surface area contributed by atoms with Gasteiger partial charge in [-0.3, -0.25) is 14.7 Å². The number of benzene rings is 1. The van der Waals surface area contributed by atoms with Gasteiger partial charge in [-0.2, -0.15) is 5.10 Å². The number of ether oxygens (including phenoxy) is 1. The first-order valence-corrected chi connectivity index (χ1v) is 12.7. The van der Waals surface area contributed by atoms with E-state index >= 15 is 0 Å². The van der Waals surface area contributed by atoms with Gasteiger partial charge >= 0.3 is 11.6 Å². The number of hydrogen-bond acceptors (Lipinski definition) is 5. The fraction of sp³-hybridized carbons (Fsp3) is 0.464. The Labute approximate surface area is 210 Å². The summed E-state index contributed by atoms with van der Waals surface area (Å²) in [5.41, 5.74) is 1.08. The van der Waals surface area contributed by atoms with Gasteiger partial charge in [0.15, 0.2) is 0 Å². The van der Waals surface area contributed by atoms with E-state index in [1.807, 2.05) is 36.9 Å². The minimum absolute atomic E-state index is 0.0544. The summed E-state index contributed by atoms with van der Waals surface area (Å²) >= 11 is 0. The van der Waals surface area contributed by atoms with Crippen LogP contribution in [0.25, 0.3) is 10.9 Å². The standard InChI is InChI=1S/C28H32N4O4/c1-4-28(34)12-10-21(11-13-28)31-16-20-14-23(26(15-22(20)30-31)36-17-19-8-9-19)29-27(33)25-7-5-6-24(18(2)3)32(25)35/h1,5-7,14-16,18-19,21,34H,8-13,17H2,2-3H3,(H-,29,33,35)/p+1/t21-,28-. The van der Waals surface area contributed by atoms with Crippen molar-refractivity contribution in [3.63, 3.8) is 0 Å². The first-order valence-electron chi connectivity index (χ1n) is 12.7. The lowest BCUT2D eigenvalue weighted by molar-refractivity contribution is -0.911. The molecular weight excluding hydrogens is 456 g/mol. The number of hydrogen-bond donors (Lipinski definition) is 3. The van der Waals surface area contributed by atoms with Crippen molar-refractivity contribution in [2.45, 2.75) is 69.9 Å². The first-order chi connectivity index (χ1) is 17.3. The van der Waals surface area contributed by atoms with E-state index in [1.165, 1.54) is 0 Å². The van der Waals surface area contributed by atoms with Crippen LogP contribution < -0.4 is 14.8 Å². The molecule has 1 amide bonds. The van der Waals surface area contributed by atoms with Crippen LogP contribution in [0.3, 0.4) is 0 Å². The molecule has 8 nitrogen and oxygen atoms in total. The third-order valence-electron chi connectivity index (χ3n) is 7.29. The molecule has 2 fully saturated rings. The molecule has 2 aliphatic carbocycles. The van der Waals surface area contributed by atoms with Crippen molar-refractivity contribution >= 4 is 22.5 Å². The summed E-state index contributed by atoms with van der Waals surface area (Å²) in [7, 11) is 0. The van der Waals surface area contributed by atoms with Crippen molar-refractivity contribution in [1.82, 2.24) is 9.78 Å². The van der Waals surface area contributed by atoms with Gasteiger partial charge in [0.05, 0.1) is 23.9 Å². The highest BCUT2D eigenvalue weighted by Crippen LogP contribution is 2.37. The average molecular weight is 490 g/mol. The maximum atomic E-state index is 13.2. The van der Waals surface area contributed by atoms with Crippen molar-refractivity contribution in [1.29, 1.82) is 0 Å². The van der Waals surface area contributed by atoms with Gasteiger partial charge in [0.1, 0.15) is 11.4 Å². The summed E-state index contributed by atoms with van der Waals surface area (Å²) in [6.45, 7) is 4.50. The fourth-order valence-electron chi connectivity index (χ4n) is 4.77. The number of rotatable bonds is 7. The van der Waals surface area contributed by atoms with E-state index in [2.05, 4.69) is 11.2 Å². The Morgan fingerprint density at radius 1 is 1.31 bits per heavy atom. The van der Waals surface area contributed by atoms with Crippen LogP contribution in [0.15, 0.2) is 36.5 Å². The molecule has 8 heteroatoms. The van der Waals surface area contributed by atoms with E-state index in [-0.39, 0.29) is 17.7 Å². The number of amides is 1. The molecule has 0 unspecified atom stereocenters. The lowest BCUT2D eigenvalue weighted by Gasteiger charge is -2.32. The van der Waals surface area contributed by atoms with Crippen molar-refractivity contribution in [3.05, 3.63) is 47.9 Å². The molecule has 36 heavy (non-hydrogen) atoms. The van der Waals surface area contributed by atoms with Gasteiger partial charge in [0, 0.05) is 40.4 Å². The zero-order valence-corrected chi connectivity index (χ0v) is 20.8. The van der Waals surface area contributed by atoms with Crippen LogP contribution in [0.2, 0.25) is 0 Å². The summed E-state index contributed by atoms with van der Waals surface area (Å²) in [4.78, 5) is 13.2. The van der Waals surface area contributed by atoms with E-state index in [9.17, 15) is 15.1 Å². The highest BCUT2D eigenvalue weighted by molar-refractivity contribution is 6.04. The van der Waals surface area contributed by atoms with Crippen molar-refractivity contribution in [2.24, 2.45) is 5.92 Å². The number of pyridine rings is 1. The monoisotopic (exact) mass is 489 g/mol. The largest absolute Gasteiger partial charge is 0.491 e. The molecule has 188 valence electrons. The van der Waals surface area contributed by atoms with Crippen LogP contribution in [0, 0.1) is 18.3 Å². The summed E-state index contributed by atoms with van der Waals surface area (Å²) in [6.07, 6.45) is 12.3. The average Bonchev–Trinajstić information content (AvgIpc) is 3.60. The van der Waals surface area contributed by atoms with E-state index in [1.54, 1.807) is 18.2 Å². The smallest absolute Gasteiger partial charge is 0.325 e. The molecule has 0 aliphatic heterocycles. The Balaban J connectivity index is 1.43. The van der Waals surface area contributed by atoms with Gasteiger partial charge in [-0.1, -0.05) is 19.8 Å². The molecule has 1 aromatic carbocycles. The molecule has 2 heterocycles. The molecule has 3 N–H and O–H groups in total. The zero-order valence-electron chi connectivity index (χ0n) is 20.8. The maximum Gasteiger partial charge on any atom is 0.325 e. The lowest BCUT2D eigenvalue weighted by atomic mass is 9.83. The molecule has 0 radical (unpaired) electrons. The number of aromatic nitrogens is 3. The second-order valence-corrected chi connectivity index (χ2v) is 10.4. The quantitative estimate of drug-likeness (QED) is 0.262. The van der Waals surface area contributed by atoms with Crippen molar-refractivity contribution in [3.8, 4) is 18.1 Å². The Bertz CT molecular complexity index is 1330. The van der Waals surface area contributed by atoms with Gasteiger partial charge < -0.3 is 15.2 Å². The number of carbonyl (C=O) groups is 1. The Morgan fingerprint density at radius 3 is 2.72 bits per heavy atom. The van der Waals surface area contributed by atoms with Gasteiger partial charge in [-0.25, -0.2) is 0 Å². The van der Waals surface area contributed by atoms with Crippen LogP contribution in [-0.2, 0) is 0 Å². The minimum atomic E-state index is -1.03. The number of aliphatic hydroxyl groups is 1. The summed E-state index contributed by atoms with van der Waals surface area (Å²) in [5, 5.41) is 29.6. The normalized spacial score (nSPS) is 21.9. The van der Waals surface area contributed by atoms with Gasteiger partial charge in [0.25, 0.3) is 0 Å². The molecule has 3 aromatic rings. The van der Waals surface area contributed by atoms with Crippen LogP contribution in [0.1, 0.15) is 80.5 Å². The van der Waals surface area contributed by atoms with Crippen LogP contribution in [0.5, 0.6) is 5.75 Å². The second-order valence-electron chi connectivity index (χ2n) is 10.4. The number of terminal acetylenes is 1. The van der Waals surface area contributed by atoms with Crippen molar-refractivity contribution < 1.29 is 24.6 Å². The number of anilines is 1. The Morgan fingerprint density at radius 2 is 2.06 bits per heavy atom.